The maximum absolute atomic E-state index is 13.2. The molecule has 0 saturated heterocycles. The molecule has 0 unspecified atom stereocenters. The summed E-state index contributed by atoms with van der Waals surface area (Å²) >= 11 is 0. The Balaban J connectivity index is 0.000000238. The lowest BCUT2D eigenvalue weighted by Crippen LogP contribution is -2.00. The zero-order valence-electron chi connectivity index (χ0n) is 14.4. The fourth-order valence-electron chi connectivity index (χ4n) is 2.08. The molecular weight excluding hydrogens is 291 g/mol. The lowest BCUT2D eigenvalue weighted by atomic mass is 10.0. The van der Waals surface area contributed by atoms with Crippen LogP contribution in [0.25, 0.3) is 0 Å². The summed E-state index contributed by atoms with van der Waals surface area (Å²) in [5, 5.41) is 8.57. The van der Waals surface area contributed by atoms with E-state index in [0.717, 1.165) is 6.07 Å². The minimum absolute atomic E-state index is 0.0121. The topological polar surface area (TPSA) is 37.3 Å². The van der Waals surface area contributed by atoms with Crippen molar-refractivity contribution in [2.75, 3.05) is 0 Å². The third-order valence-corrected chi connectivity index (χ3v) is 3.61. The van der Waals surface area contributed by atoms with E-state index in [1.807, 2.05) is 13.8 Å². The highest BCUT2D eigenvalue weighted by Crippen LogP contribution is 2.19. The fourth-order valence-corrected chi connectivity index (χ4v) is 2.08. The van der Waals surface area contributed by atoms with Crippen molar-refractivity contribution in [1.29, 1.82) is 0 Å². The molecule has 0 heterocycles. The summed E-state index contributed by atoms with van der Waals surface area (Å²) in [6.07, 6.45) is 0. The van der Waals surface area contributed by atoms with Crippen molar-refractivity contribution in [3.8, 4) is 0 Å². The van der Waals surface area contributed by atoms with E-state index in [1.54, 1.807) is 0 Å². The molecule has 0 spiro atoms. The van der Waals surface area contributed by atoms with E-state index in [9.17, 15) is 9.18 Å². The first-order valence-corrected chi connectivity index (χ1v) is 7.81. The molecule has 2 rings (SSSR count). The maximum atomic E-state index is 13.2. The van der Waals surface area contributed by atoms with Crippen LogP contribution in [0.1, 0.15) is 66.6 Å². The summed E-state index contributed by atoms with van der Waals surface area (Å²) in [6.45, 7) is 10.3. The van der Waals surface area contributed by atoms with Crippen LogP contribution in [0.2, 0.25) is 0 Å². The van der Waals surface area contributed by atoms with Crippen molar-refractivity contribution < 1.29 is 14.3 Å². The Morgan fingerprint density at radius 1 is 0.957 bits per heavy atom. The number of carboxylic acids is 1. The first-order chi connectivity index (χ1) is 10.7. The number of aromatic carboxylic acids is 1. The highest BCUT2D eigenvalue weighted by Gasteiger charge is 2.10. The Hall–Kier alpha value is -2.16. The van der Waals surface area contributed by atoms with Gasteiger partial charge in [-0.15, -0.1) is 0 Å². The predicted molar refractivity (Wildman–Crippen MR) is 92.7 cm³/mol. The molecular formula is C20H25FO2. The maximum Gasteiger partial charge on any atom is 0.335 e. The van der Waals surface area contributed by atoms with Gasteiger partial charge in [-0.2, -0.15) is 0 Å². The molecule has 0 aliphatic rings. The van der Waals surface area contributed by atoms with Crippen molar-refractivity contribution in [3.05, 3.63) is 70.5 Å². The summed E-state index contributed by atoms with van der Waals surface area (Å²) < 4.78 is 13.2. The highest BCUT2D eigenvalue weighted by molar-refractivity contribution is 5.87. The second-order valence-corrected chi connectivity index (χ2v) is 6.26. The number of hydrogen-bond donors (Lipinski definition) is 1. The molecule has 0 fully saturated rings. The monoisotopic (exact) mass is 316 g/mol. The zero-order chi connectivity index (χ0) is 17.6. The molecule has 0 amide bonds. The summed E-state index contributed by atoms with van der Waals surface area (Å²) in [7, 11) is 0. The van der Waals surface area contributed by atoms with E-state index in [1.165, 1.54) is 23.3 Å². The Kier molecular flexibility index (Phi) is 6.95. The quantitative estimate of drug-likeness (QED) is 0.781. The number of carboxylic acid groups (broad SMARTS) is 1. The molecule has 0 atom stereocenters. The Morgan fingerprint density at radius 3 is 1.91 bits per heavy atom. The van der Waals surface area contributed by atoms with Gasteiger partial charge in [-0.1, -0.05) is 63.6 Å². The number of carbonyl (C=O) groups is 1. The summed E-state index contributed by atoms with van der Waals surface area (Å²) in [4.78, 5) is 10.5. The van der Waals surface area contributed by atoms with Crippen molar-refractivity contribution in [1.82, 2.24) is 0 Å². The van der Waals surface area contributed by atoms with E-state index in [0.29, 0.717) is 11.5 Å². The number of aryl methyl sites for hydroxylation is 1. The normalized spacial score (nSPS) is 10.4. The van der Waals surface area contributed by atoms with Gasteiger partial charge in [0, 0.05) is 0 Å². The van der Waals surface area contributed by atoms with Crippen LogP contribution < -0.4 is 0 Å². The molecule has 0 bridgehead atoms. The molecule has 0 aromatic heterocycles. The van der Waals surface area contributed by atoms with Crippen molar-refractivity contribution >= 4 is 5.97 Å². The van der Waals surface area contributed by atoms with Gasteiger partial charge in [0.25, 0.3) is 0 Å². The van der Waals surface area contributed by atoms with Gasteiger partial charge < -0.3 is 5.11 Å². The van der Waals surface area contributed by atoms with Gasteiger partial charge in [0.15, 0.2) is 0 Å². The second-order valence-electron chi connectivity index (χ2n) is 6.26. The molecule has 3 heteroatoms. The number of halogens is 1. The molecule has 0 aliphatic heterocycles. The van der Waals surface area contributed by atoms with E-state index < -0.39 is 11.8 Å². The highest BCUT2D eigenvalue weighted by atomic mass is 19.1. The van der Waals surface area contributed by atoms with E-state index in [2.05, 4.69) is 45.0 Å². The van der Waals surface area contributed by atoms with Crippen LogP contribution in [0.4, 0.5) is 4.39 Å². The Labute approximate surface area is 138 Å². The van der Waals surface area contributed by atoms with Gasteiger partial charge >= 0.3 is 5.97 Å². The SMILES string of the molecule is CC(C)c1ccc(C(=O)O)cc1F.Cc1ccc(C(C)C)cc1. The lowest BCUT2D eigenvalue weighted by molar-refractivity contribution is 0.0696. The molecule has 1 N–H and O–H groups in total. The second kappa shape index (κ2) is 8.47. The molecule has 2 nitrogen and oxygen atoms in total. The van der Waals surface area contributed by atoms with Crippen LogP contribution in [-0.2, 0) is 0 Å². The van der Waals surface area contributed by atoms with Gasteiger partial charge in [-0.3, -0.25) is 0 Å². The van der Waals surface area contributed by atoms with Crippen LogP contribution in [0, 0.1) is 12.7 Å². The van der Waals surface area contributed by atoms with Crippen molar-refractivity contribution in [2.24, 2.45) is 0 Å². The number of hydrogen-bond acceptors (Lipinski definition) is 1. The van der Waals surface area contributed by atoms with Crippen LogP contribution in [0.3, 0.4) is 0 Å². The molecule has 23 heavy (non-hydrogen) atoms. The molecule has 2 aromatic carbocycles. The molecule has 0 saturated carbocycles. The summed E-state index contributed by atoms with van der Waals surface area (Å²) in [6, 6.07) is 12.7. The Bertz CT molecular complexity index is 643. The number of rotatable bonds is 3. The largest absolute Gasteiger partial charge is 0.478 e. The van der Waals surface area contributed by atoms with E-state index in [-0.39, 0.29) is 11.5 Å². The van der Waals surface area contributed by atoms with E-state index >= 15 is 0 Å². The van der Waals surface area contributed by atoms with Crippen molar-refractivity contribution in [3.63, 3.8) is 0 Å². The zero-order valence-corrected chi connectivity index (χ0v) is 14.4. The molecule has 124 valence electrons. The Morgan fingerprint density at radius 2 is 1.52 bits per heavy atom. The predicted octanol–water partition coefficient (Wildman–Crippen LogP) is 5.77. The molecule has 2 aromatic rings. The van der Waals surface area contributed by atoms with E-state index in [4.69, 9.17) is 5.11 Å². The molecule has 0 radical (unpaired) electrons. The smallest absolute Gasteiger partial charge is 0.335 e. The minimum atomic E-state index is -1.10. The first kappa shape index (κ1) is 18.9. The van der Waals surface area contributed by atoms with Crippen LogP contribution in [0.5, 0.6) is 0 Å². The third-order valence-electron chi connectivity index (χ3n) is 3.61. The van der Waals surface area contributed by atoms with Gasteiger partial charge in [0.2, 0.25) is 0 Å². The standard InChI is InChI=1S/C10H11FO2.C10H14/c1-6(2)8-4-3-7(10(12)13)5-9(8)11;1-8(2)10-6-4-9(3)5-7-10/h3-6H,1-2H3,(H,12,13);4-8H,1-3H3. The summed E-state index contributed by atoms with van der Waals surface area (Å²) in [5.41, 5.74) is 3.29. The average Bonchev–Trinajstić information content (AvgIpc) is 2.47. The van der Waals surface area contributed by atoms with Crippen LogP contribution in [-0.4, -0.2) is 11.1 Å². The number of benzene rings is 2. The third kappa shape index (κ3) is 5.85. The fraction of sp³-hybridized carbons (Fsp3) is 0.350. The van der Waals surface area contributed by atoms with Gasteiger partial charge in [0.05, 0.1) is 5.56 Å². The first-order valence-electron chi connectivity index (χ1n) is 7.81. The minimum Gasteiger partial charge on any atom is -0.478 e. The van der Waals surface area contributed by atoms with Crippen molar-refractivity contribution in [2.45, 2.75) is 46.5 Å². The van der Waals surface area contributed by atoms with Gasteiger partial charge in [-0.25, -0.2) is 9.18 Å². The lowest BCUT2D eigenvalue weighted by Gasteiger charge is -2.06. The van der Waals surface area contributed by atoms with Crippen LogP contribution in [0.15, 0.2) is 42.5 Å². The van der Waals surface area contributed by atoms with Gasteiger partial charge in [0.1, 0.15) is 5.82 Å². The van der Waals surface area contributed by atoms with Crippen LogP contribution >= 0.6 is 0 Å². The molecule has 0 aliphatic carbocycles. The summed E-state index contributed by atoms with van der Waals surface area (Å²) in [5.74, 6) is -0.826. The average molecular weight is 316 g/mol. The van der Waals surface area contributed by atoms with Gasteiger partial charge in [-0.05, 0) is 42.0 Å².